The fourth-order valence-electron chi connectivity index (χ4n) is 2.20. The van der Waals surface area contributed by atoms with E-state index in [4.69, 9.17) is 0 Å². The van der Waals surface area contributed by atoms with E-state index in [0.29, 0.717) is 18.0 Å². The van der Waals surface area contributed by atoms with E-state index >= 15 is 0 Å². The number of nitrogens with one attached hydrogen (secondary N) is 1. The molecule has 2 rings (SSSR count). The normalized spacial score (nSPS) is 16.0. The monoisotopic (exact) mass is 304 g/mol. The standard InChI is InChI=1S/C14H18F2N2O.ClH/c1-9(11-6-17-7-11)14(19)18(2)8-10-3-4-12(15)13(16)5-10;/h3-5,9,11,17H,6-8H2,1-2H3;1H. The number of amides is 1. The van der Waals surface area contributed by atoms with Crippen LogP contribution in [0, 0.1) is 23.5 Å². The topological polar surface area (TPSA) is 32.3 Å². The first-order valence-corrected chi connectivity index (χ1v) is 6.38. The molecule has 1 fully saturated rings. The van der Waals surface area contributed by atoms with Crippen molar-refractivity contribution < 1.29 is 13.6 Å². The van der Waals surface area contributed by atoms with Gasteiger partial charge >= 0.3 is 0 Å². The van der Waals surface area contributed by atoms with Gasteiger partial charge in [0, 0.05) is 19.5 Å². The number of benzene rings is 1. The van der Waals surface area contributed by atoms with Crippen LogP contribution in [0.5, 0.6) is 0 Å². The van der Waals surface area contributed by atoms with E-state index in [2.05, 4.69) is 5.32 Å². The lowest BCUT2D eigenvalue weighted by molar-refractivity contribution is -0.136. The Labute approximate surface area is 123 Å². The Kier molecular flexibility index (Phi) is 5.89. The lowest BCUT2D eigenvalue weighted by atomic mass is 9.88. The van der Waals surface area contributed by atoms with Gasteiger partial charge in [-0.3, -0.25) is 4.79 Å². The number of halogens is 3. The van der Waals surface area contributed by atoms with Crippen LogP contribution in [0.3, 0.4) is 0 Å². The molecule has 6 heteroatoms. The van der Waals surface area contributed by atoms with E-state index in [0.717, 1.165) is 25.2 Å². The van der Waals surface area contributed by atoms with Crippen molar-refractivity contribution in [1.82, 2.24) is 10.2 Å². The second kappa shape index (κ2) is 6.99. The Morgan fingerprint density at radius 3 is 2.55 bits per heavy atom. The summed E-state index contributed by atoms with van der Waals surface area (Å²) in [4.78, 5) is 13.7. The highest BCUT2D eigenvalue weighted by Gasteiger charge is 2.30. The van der Waals surface area contributed by atoms with Gasteiger partial charge < -0.3 is 10.2 Å². The zero-order chi connectivity index (χ0) is 14.0. The molecule has 1 aromatic carbocycles. The van der Waals surface area contributed by atoms with E-state index < -0.39 is 11.6 Å². The third-order valence-electron chi connectivity index (χ3n) is 3.69. The van der Waals surface area contributed by atoms with Gasteiger partial charge in [-0.15, -0.1) is 12.4 Å². The van der Waals surface area contributed by atoms with Crippen molar-refractivity contribution in [2.75, 3.05) is 20.1 Å². The molecule has 0 aliphatic carbocycles. The lowest BCUT2D eigenvalue weighted by Crippen LogP contribution is -2.49. The zero-order valence-electron chi connectivity index (χ0n) is 11.5. The van der Waals surface area contributed by atoms with Crippen LogP contribution in [0.15, 0.2) is 18.2 Å². The van der Waals surface area contributed by atoms with Crippen LogP contribution in [0.4, 0.5) is 8.78 Å². The van der Waals surface area contributed by atoms with E-state index in [1.165, 1.54) is 6.07 Å². The molecular formula is C14H19ClF2N2O. The second-order valence-electron chi connectivity index (χ2n) is 5.15. The Morgan fingerprint density at radius 2 is 2.05 bits per heavy atom. The molecule has 1 aliphatic heterocycles. The number of hydrogen-bond donors (Lipinski definition) is 1. The van der Waals surface area contributed by atoms with Crippen molar-refractivity contribution in [3.05, 3.63) is 35.4 Å². The van der Waals surface area contributed by atoms with E-state index in [-0.39, 0.29) is 24.2 Å². The minimum Gasteiger partial charge on any atom is -0.341 e. The Bertz CT molecular complexity index is 480. The number of hydrogen-bond acceptors (Lipinski definition) is 2. The van der Waals surface area contributed by atoms with Gasteiger partial charge in [0.1, 0.15) is 0 Å². The Morgan fingerprint density at radius 1 is 1.40 bits per heavy atom. The summed E-state index contributed by atoms with van der Waals surface area (Å²) < 4.78 is 25.9. The summed E-state index contributed by atoms with van der Waals surface area (Å²) in [5, 5.41) is 3.14. The van der Waals surface area contributed by atoms with Gasteiger partial charge in [-0.05, 0) is 36.7 Å². The molecule has 0 radical (unpaired) electrons. The van der Waals surface area contributed by atoms with Crippen molar-refractivity contribution in [2.24, 2.45) is 11.8 Å². The molecule has 20 heavy (non-hydrogen) atoms. The molecule has 1 saturated heterocycles. The third-order valence-corrected chi connectivity index (χ3v) is 3.69. The largest absolute Gasteiger partial charge is 0.341 e. The van der Waals surface area contributed by atoms with E-state index in [9.17, 15) is 13.6 Å². The summed E-state index contributed by atoms with van der Waals surface area (Å²) in [5.41, 5.74) is 0.591. The van der Waals surface area contributed by atoms with Crippen LogP contribution in [0.2, 0.25) is 0 Å². The first-order chi connectivity index (χ1) is 8.99. The molecule has 112 valence electrons. The Hall–Kier alpha value is -1.20. The number of nitrogens with zero attached hydrogens (tertiary/aromatic N) is 1. The fourth-order valence-corrected chi connectivity index (χ4v) is 2.20. The molecule has 0 spiro atoms. The van der Waals surface area contributed by atoms with Gasteiger partial charge in [0.25, 0.3) is 0 Å². The highest BCUT2D eigenvalue weighted by atomic mass is 35.5. The van der Waals surface area contributed by atoms with Crippen LogP contribution in [-0.2, 0) is 11.3 Å². The summed E-state index contributed by atoms with van der Waals surface area (Å²) in [6.07, 6.45) is 0. The van der Waals surface area contributed by atoms with Crippen LogP contribution in [0.25, 0.3) is 0 Å². The summed E-state index contributed by atoms with van der Waals surface area (Å²) in [6, 6.07) is 3.72. The summed E-state index contributed by atoms with van der Waals surface area (Å²) in [7, 11) is 1.69. The molecule has 1 atom stereocenters. The van der Waals surface area contributed by atoms with Gasteiger partial charge in [-0.1, -0.05) is 13.0 Å². The van der Waals surface area contributed by atoms with E-state index in [1.807, 2.05) is 6.92 Å². The highest BCUT2D eigenvalue weighted by Crippen LogP contribution is 2.19. The van der Waals surface area contributed by atoms with Crippen molar-refractivity contribution >= 4 is 18.3 Å². The number of carbonyl (C=O) groups is 1. The smallest absolute Gasteiger partial charge is 0.225 e. The third kappa shape index (κ3) is 3.67. The number of rotatable bonds is 4. The van der Waals surface area contributed by atoms with Gasteiger partial charge in [-0.2, -0.15) is 0 Å². The van der Waals surface area contributed by atoms with Crippen LogP contribution in [0.1, 0.15) is 12.5 Å². The van der Waals surface area contributed by atoms with Crippen LogP contribution < -0.4 is 5.32 Å². The lowest BCUT2D eigenvalue weighted by Gasteiger charge is -2.34. The van der Waals surface area contributed by atoms with Crippen molar-refractivity contribution in [3.63, 3.8) is 0 Å². The molecule has 1 aromatic rings. The highest BCUT2D eigenvalue weighted by molar-refractivity contribution is 5.85. The average molecular weight is 305 g/mol. The fraction of sp³-hybridized carbons (Fsp3) is 0.500. The predicted octanol–water partition coefficient (Wildman–Crippen LogP) is 2.20. The molecule has 1 heterocycles. The molecule has 0 aromatic heterocycles. The van der Waals surface area contributed by atoms with Gasteiger partial charge in [0.05, 0.1) is 0 Å². The van der Waals surface area contributed by atoms with Crippen LogP contribution in [-0.4, -0.2) is 30.9 Å². The second-order valence-corrected chi connectivity index (χ2v) is 5.15. The first-order valence-electron chi connectivity index (χ1n) is 6.38. The van der Waals surface area contributed by atoms with Crippen molar-refractivity contribution in [2.45, 2.75) is 13.5 Å². The molecule has 0 saturated carbocycles. The maximum absolute atomic E-state index is 13.1. The molecule has 1 unspecified atom stereocenters. The SMILES string of the molecule is CC(C(=O)N(C)Cc1ccc(F)c(F)c1)C1CNC1.Cl. The van der Waals surface area contributed by atoms with Crippen molar-refractivity contribution in [1.29, 1.82) is 0 Å². The van der Waals surface area contributed by atoms with Gasteiger partial charge in [-0.25, -0.2) is 8.78 Å². The maximum Gasteiger partial charge on any atom is 0.225 e. The molecule has 1 aliphatic rings. The first kappa shape index (κ1) is 16.9. The summed E-state index contributed by atoms with van der Waals surface area (Å²) in [6.45, 7) is 3.94. The maximum atomic E-state index is 13.1. The van der Waals surface area contributed by atoms with Gasteiger partial charge in [0.2, 0.25) is 5.91 Å². The molecule has 1 amide bonds. The van der Waals surface area contributed by atoms with E-state index in [1.54, 1.807) is 11.9 Å². The molecule has 0 bridgehead atoms. The molecular weight excluding hydrogens is 286 g/mol. The van der Waals surface area contributed by atoms with Crippen molar-refractivity contribution in [3.8, 4) is 0 Å². The minimum atomic E-state index is -0.880. The average Bonchev–Trinajstić information content (AvgIpc) is 2.30. The minimum absolute atomic E-state index is 0. The predicted molar refractivity (Wildman–Crippen MR) is 75.6 cm³/mol. The van der Waals surface area contributed by atoms with Crippen LogP contribution >= 0.6 is 12.4 Å². The summed E-state index contributed by atoms with van der Waals surface area (Å²) >= 11 is 0. The Balaban J connectivity index is 0.00000200. The molecule has 1 N–H and O–H groups in total. The zero-order valence-corrected chi connectivity index (χ0v) is 12.3. The van der Waals surface area contributed by atoms with Gasteiger partial charge in [0.15, 0.2) is 11.6 Å². The number of carbonyl (C=O) groups excluding carboxylic acids is 1. The summed E-state index contributed by atoms with van der Waals surface area (Å²) in [5.74, 6) is -1.38. The quantitative estimate of drug-likeness (QED) is 0.925. The molecule has 3 nitrogen and oxygen atoms in total.